The van der Waals surface area contributed by atoms with Crippen LogP contribution >= 0.6 is 0 Å². The summed E-state index contributed by atoms with van der Waals surface area (Å²) in [5.74, 6) is -0.650. The van der Waals surface area contributed by atoms with E-state index in [0.717, 1.165) is 25.8 Å². The third-order valence-electron chi connectivity index (χ3n) is 4.71. The van der Waals surface area contributed by atoms with E-state index in [1.54, 1.807) is 0 Å². The molecule has 0 radical (unpaired) electrons. The van der Waals surface area contributed by atoms with E-state index < -0.39 is 11.4 Å². The quantitative estimate of drug-likeness (QED) is 0.856. The standard InChI is InChI=1S/C16H23NO2/c1-11-5-6-14(13(3)12(11)2)9-17-10-16(15(18)19)7-4-8-16/h5-6,17H,4,7-10H2,1-3H3,(H,18,19). The average molecular weight is 261 g/mol. The molecule has 19 heavy (non-hydrogen) atoms. The zero-order valence-corrected chi connectivity index (χ0v) is 12.0. The summed E-state index contributed by atoms with van der Waals surface area (Å²) in [5.41, 5.74) is 4.71. The lowest BCUT2D eigenvalue weighted by atomic mass is 9.69. The van der Waals surface area contributed by atoms with Crippen LogP contribution in [0.4, 0.5) is 0 Å². The molecule has 2 N–H and O–H groups in total. The third kappa shape index (κ3) is 2.66. The van der Waals surface area contributed by atoms with E-state index in [1.807, 2.05) is 0 Å². The molecule has 1 fully saturated rings. The van der Waals surface area contributed by atoms with E-state index in [1.165, 1.54) is 22.3 Å². The molecule has 0 atom stereocenters. The number of nitrogens with one attached hydrogen (secondary N) is 1. The van der Waals surface area contributed by atoms with E-state index in [4.69, 9.17) is 0 Å². The largest absolute Gasteiger partial charge is 0.481 e. The molecule has 0 unspecified atom stereocenters. The van der Waals surface area contributed by atoms with Crippen molar-refractivity contribution in [2.75, 3.05) is 6.54 Å². The predicted octanol–water partition coefficient (Wildman–Crippen LogP) is 2.96. The predicted molar refractivity (Wildman–Crippen MR) is 76.3 cm³/mol. The Hall–Kier alpha value is -1.35. The minimum absolute atomic E-state index is 0.506. The first-order valence-electron chi connectivity index (χ1n) is 6.96. The maximum Gasteiger partial charge on any atom is 0.310 e. The second kappa shape index (κ2) is 5.33. The molecule has 0 aromatic heterocycles. The molecule has 0 spiro atoms. The van der Waals surface area contributed by atoms with Crippen molar-refractivity contribution in [3.63, 3.8) is 0 Å². The van der Waals surface area contributed by atoms with E-state index >= 15 is 0 Å². The number of aliphatic carboxylic acids is 1. The van der Waals surface area contributed by atoms with Crippen LogP contribution in [0.25, 0.3) is 0 Å². The van der Waals surface area contributed by atoms with Crippen molar-refractivity contribution in [1.82, 2.24) is 5.32 Å². The zero-order chi connectivity index (χ0) is 14.0. The van der Waals surface area contributed by atoms with E-state index in [-0.39, 0.29) is 0 Å². The molecule has 0 saturated heterocycles. The fraction of sp³-hybridized carbons (Fsp3) is 0.562. The number of rotatable bonds is 5. The number of aryl methyl sites for hydroxylation is 1. The first kappa shape index (κ1) is 14.1. The molecular formula is C16H23NO2. The molecule has 1 aromatic carbocycles. The van der Waals surface area contributed by atoms with Crippen molar-refractivity contribution in [3.8, 4) is 0 Å². The van der Waals surface area contributed by atoms with E-state index in [2.05, 4.69) is 38.2 Å². The van der Waals surface area contributed by atoms with Crippen LogP contribution in [0.3, 0.4) is 0 Å². The van der Waals surface area contributed by atoms with E-state index in [9.17, 15) is 9.90 Å². The van der Waals surface area contributed by atoms with E-state index in [0.29, 0.717) is 6.54 Å². The van der Waals surface area contributed by atoms with Gasteiger partial charge in [0, 0.05) is 13.1 Å². The highest BCUT2D eigenvalue weighted by molar-refractivity contribution is 5.76. The normalized spacial score (nSPS) is 17.0. The highest BCUT2D eigenvalue weighted by atomic mass is 16.4. The summed E-state index contributed by atoms with van der Waals surface area (Å²) in [6, 6.07) is 4.27. The summed E-state index contributed by atoms with van der Waals surface area (Å²) in [5, 5.41) is 12.6. The lowest BCUT2D eigenvalue weighted by molar-refractivity contribution is -0.154. The first-order chi connectivity index (χ1) is 8.96. The van der Waals surface area contributed by atoms with Gasteiger partial charge in [-0.3, -0.25) is 4.79 Å². The maximum atomic E-state index is 11.3. The van der Waals surface area contributed by atoms with Crippen LogP contribution in [0.2, 0.25) is 0 Å². The number of carbonyl (C=O) groups is 1. The molecule has 1 aliphatic rings. The molecule has 1 saturated carbocycles. The second-order valence-electron chi connectivity index (χ2n) is 5.83. The Labute approximate surface area is 115 Å². The van der Waals surface area contributed by atoms with Crippen LogP contribution in [0.1, 0.15) is 41.5 Å². The maximum absolute atomic E-state index is 11.3. The summed E-state index contributed by atoms with van der Waals surface area (Å²) in [4.78, 5) is 11.3. The Morgan fingerprint density at radius 2 is 1.95 bits per heavy atom. The summed E-state index contributed by atoms with van der Waals surface area (Å²) in [6.45, 7) is 7.72. The second-order valence-corrected chi connectivity index (χ2v) is 5.83. The third-order valence-corrected chi connectivity index (χ3v) is 4.71. The number of hydrogen-bond donors (Lipinski definition) is 2. The number of carboxylic acids is 1. The van der Waals surface area contributed by atoms with Crippen LogP contribution in [-0.2, 0) is 11.3 Å². The van der Waals surface area contributed by atoms with Gasteiger partial charge in [0.25, 0.3) is 0 Å². The lowest BCUT2D eigenvalue weighted by Gasteiger charge is -2.37. The van der Waals surface area contributed by atoms with Crippen LogP contribution in [0, 0.1) is 26.2 Å². The monoisotopic (exact) mass is 261 g/mol. The molecule has 0 bridgehead atoms. The minimum atomic E-state index is -0.650. The first-order valence-corrected chi connectivity index (χ1v) is 6.96. The Bertz CT molecular complexity index is 490. The van der Waals surface area contributed by atoms with Crippen molar-refractivity contribution in [3.05, 3.63) is 34.4 Å². The molecular weight excluding hydrogens is 238 g/mol. The van der Waals surface area contributed by atoms with Crippen molar-refractivity contribution >= 4 is 5.97 Å². The van der Waals surface area contributed by atoms with Gasteiger partial charge >= 0.3 is 5.97 Å². The van der Waals surface area contributed by atoms with Crippen molar-refractivity contribution < 1.29 is 9.90 Å². The molecule has 0 amide bonds. The molecule has 3 nitrogen and oxygen atoms in total. The van der Waals surface area contributed by atoms with Gasteiger partial charge in [-0.1, -0.05) is 18.6 Å². The fourth-order valence-corrected chi connectivity index (χ4v) is 2.71. The molecule has 0 heterocycles. The van der Waals surface area contributed by atoms with Gasteiger partial charge < -0.3 is 10.4 Å². The SMILES string of the molecule is Cc1ccc(CNCC2(C(=O)O)CCC2)c(C)c1C. The van der Waals surface area contributed by atoms with Gasteiger partial charge in [0.15, 0.2) is 0 Å². The number of carboxylic acid groups (broad SMARTS) is 1. The molecule has 104 valence electrons. The Kier molecular flexibility index (Phi) is 3.95. The van der Waals surface area contributed by atoms with Crippen molar-refractivity contribution in [1.29, 1.82) is 0 Å². The highest BCUT2D eigenvalue weighted by Gasteiger charge is 2.43. The van der Waals surface area contributed by atoms with Gasteiger partial charge in [0.2, 0.25) is 0 Å². The Morgan fingerprint density at radius 3 is 2.47 bits per heavy atom. The van der Waals surface area contributed by atoms with Gasteiger partial charge in [0.05, 0.1) is 5.41 Å². The van der Waals surface area contributed by atoms with Crippen molar-refractivity contribution in [2.45, 2.75) is 46.6 Å². The van der Waals surface area contributed by atoms with Crippen LogP contribution in [-0.4, -0.2) is 17.6 Å². The summed E-state index contributed by atoms with van der Waals surface area (Å²) in [7, 11) is 0. The number of hydrogen-bond acceptors (Lipinski definition) is 2. The van der Waals surface area contributed by atoms with Crippen LogP contribution in [0.15, 0.2) is 12.1 Å². The number of benzene rings is 1. The molecule has 3 heteroatoms. The topological polar surface area (TPSA) is 49.3 Å². The molecule has 1 aromatic rings. The average Bonchev–Trinajstić information content (AvgIpc) is 2.31. The highest BCUT2D eigenvalue weighted by Crippen LogP contribution is 2.40. The van der Waals surface area contributed by atoms with Crippen molar-refractivity contribution in [2.24, 2.45) is 5.41 Å². The van der Waals surface area contributed by atoms with Crippen LogP contribution in [0.5, 0.6) is 0 Å². The molecule has 1 aliphatic carbocycles. The Morgan fingerprint density at radius 1 is 1.26 bits per heavy atom. The zero-order valence-electron chi connectivity index (χ0n) is 12.0. The van der Waals surface area contributed by atoms with Gasteiger partial charge in [-0.15, -0.1) is 0 Å². The molecule has 0 aliphatic heterocycles. The van der Waals surface area contributed by atoms with Gasteiger partial charge in [-0.05, 0) is 55.9 Å². The summed E-state index contributed by atoms with van der Waals surface area (Å²) in [6.07, 6.45) is 2.65. The van der Waals surface area contributed by atoms with Gasteiger partial charge in [0.1, 0.15) is 0 Å². The van der Waals surface area contributed by atoms with Gasteiger partial charge in [-0.25, -0.2) is 0 Å². The Balaban J connectivity index is 1.96. The fourth-order valence-electron chi connectivity index (χ4n) is 2.71. The summed E-state index contributed by atoms with van der Waals surface area (Å²) < 4.78 is 0. The summed E-state index contributed by atoms with van der Waals surface area (Å²) >= 11 is 0. The minimum Gasteiger partial charge on any atom is -0.481 e. The van der Waals surface area contributed by atoms with Crippen LogP contribution < -0.4 is 5.32 Å². The van der Waals surface area contributed by atoms with Gasteiger partial charge in [-0.2, -0.15) is 0 Å². The smallest absolute Gasteiger partial charge is 0.310 e. The lowest BCUT2D eigenvalue weighted by Crippen LogP contribution is -2.46. The molecule has 2 rings (SSSR count).